The molecule has 0 aliphatic carbocycles. The summed E-state index contributed by atoms with van der Waals surface area (Å²) < 4.78 is 0. The van der Waals surface area contributed by atoms with Crippen molar-refractivity contribution >= 4 is 17.5 Å². The Bertz CT molecular complexity index is 353. The molecule has 0 atom stereocenters. The largest absolute Gasteiger partial charge is 0.352 e. The molecular weight excluding hydrogens is 224 g/mol. The van der Waals surface area contributed by atoms with Crippen LogP contribution in [0.15, 0.2) is 18.3 Å². The second kappa shape index (κ2) is 6.48. The first kappa shape index (κ1) is 13.0. The van der Waals surface area contributed by atoms with E-state index in [1.165, 1.54) is 0 Å². The highest BCUT2D eigenvalue weighted by atomic mass is 35.5. The van der Waals surface area contributed by atoms with Crippen LogP contribution in [0, 0.1) is 5.92 Å². The van der Waals surface area contributed by atoms with Crippen LogP contribution in [0.2, 0.25) is 5.15 Å². The van der Waals surface area contributed by atoms with Gasteiger partial charge in [0.15, 0.2) is 0 Å². The summed E-state index contributed by atoms with van der Waals surface area (Å²) in [5.41, 5.74) is 0.439. The van der Waals surface area contributed by atoms with Gasteiger partial charge in [-0.1, -0.05) is 25.4 Å². The summed E-state index contributed by atoms with van der Waals surface area (Å²) in [4.78, 5) is 15.5. The van der Waals surface area contributed by atoms with E-state index >= 15 is 0 Å². The van der Waals surface area contributed by atoms with Crippen LogP contribution >= 0.6 is 11.6 Å². The maximum Gasteiger partial charge on any atom is 0.254 e. The van der Waals surface area contributed by atoms with Crippen molar-refractivity contribution in [3.63, 3.8) is 0 Å². The van der Waals surface area contributed by atoms with E-state index in [1.54, 1.807) is 18.3 Å². The monoisotopic (exact) mass is 240 g/mol. The number of rotatable bonds is 5. The van der Waals surface area contributed by atoms with Gasteiger partial charge in [-0.25, -0.2) is 4.98 Å². The molecule has 88 valence electrons. The number of hydrogen-bond donors (Lipinski definition) is 1. The van der Waals surface area contributed by atoms with Gasteiger partial charge >= 0.3 is 0 Å². The molecule has 1 rings (SSSR count). The fourth-order valence-electron chi connectivity index (χ4n) is 1.36. The SMILES string of the molecule is CC(C)CCCNC(=O)c1cccnc1Cl. The second-order valence-electron chi connectivity index (χ2n) is 4.13. The normalized spacial score (nSPS) is 10.5. The van der Waals surface area contributed by atoms with E-state index in [0.717, 1.165) is 12.8 Å². The number of nitrogens with zero attached hydrogens (tertiary/aromatic N) is 1. The molecule has 0 aromatic carbocycles. The Balaban J connectivity index is 2.39. The van der Waals surface area contributed by atoms with E-state index in [9.17, 15) is 4.79 Å². The number of halogens is 1. The number of carbonyl (C=O) groups excluding carboxylic acids is 1. The van der Waals surface area contributed by atoms with Gasteiger partial charge in [0.05, 0.1) is 5.56 Å². The van der Waals surface area contributed by atoms with E-state index < -0.39 is 0 Å². The molecule has 3 nitrogen and oxygen atoms in total. The average molecular weight is 241 g/mol. The summed E-state index contributed by atoms with van der Waals surface area (Å²) in [5.74, 6) is 0.515. The lowest BCUT2D eigenvalue weighted by Crippen LogP contribution is -2.25. The van der Waals surface area contributed by atoms with Crippen molar-refractivity contribution in [3.05, 3.63) is 29.0 Å². The molecule has 0 spiro atoms. The molecule has 0 saturated heterocycles. The molecule has 1 amide bonds. The lowest BCUT2D eigenvalue weighted by atomic mass is 10.1. The number of aromatic nitrogens is 1. The minimum atomic E-state index is -0.151. The molecule has 1 aromatic rings. The Morgan fingerprint density at radius 1 is 1.56 bits per heavy atom. The van der Waals surface area contributed by atoms with Gasteiger partial charge in [-0.05, 0) is 30.9 Å². The van der Waals surface area contributed by atoms with Crippen LogP contribution in [0.4, 0.5) is 0 Å². The van der Waals surface area contributed by atoms with E-state index in [-0.39, 0.29) is 11.1 Å². The second-order valence-corrected chi connectivity index (χ2v) is 4.49. The Kier molecular flexibility index (Phi) is 5.26. The summed E-state index contributed by atoms with van der Waals surface area (Å²) in [7, 11) is 0. The Hall–Kier alpha value is -1.09. The average Bonchev–Trinajstić information content (AvgIpc) is 2.24. The maximum absolute atomic E-state index is 11.7. The molecule has 0 aliphatic heterocycles. The first-order valence-electron chi connectivity index (χ1n) is 5.50. The molecule has 0 unspecified atom stereocenters. The number of nitrogens with one attached hydrogen (secondary N) is 1. The Morgan fingerprint density at radius 3 is 2.94 bits per heavy atom. The molecule has 1 aromatic heterocycles. The molecule has 0 aliphatic rings. The van der Waals surface area contributed by atoms with Crippen molar-refractivity contribution < 1.29 is 4.79 Å². The minimum Gasteiger partial charge on any atom is -0.352 e. The zero-order valence-electron chi connectivity index (χ0n) is 9.66. The molecule has 4 heteroatoms. The fourth-order valence-corrected chi connectivity index (χ4v) is 1.57. The topological polar surface area (TPSA) is 42.0 Å². The number of hydrogen-bond acceptors (Lipinski definition) is 2. The third-order valence-corrected chi connectivity index (χ3v) is 2.55. The predicted octanol–water partition coefficient (Wildman–Crippen LogP) is 2.90. The van der Waals surface area contributed by atoms with Crippen molar-refractivity contribution in [2.45, 2.75) is 26.7 Å². The lowest BCUT2D eigenvalue weighted by molar-refractivity contribution is 0.0952. The van der Waals surface area contributed by atoms with Crippen LogP contribution in [0.1, 0.15) is 37.0 Å². The molecule has 1 N–H and O–H groups in total. The van der Waals surface area contributed by atoms with E-state index in [1.807, 2.05) is 0 Å². The Morgan fingerprint density at radius 2 is 2.31 bits per heavy atom. The first-order chi connectivity index (χ1) is 7.61. The van der Waals surface area contributed by atoms with Crippen LogP contribution in [0.3, 0.4) is 0 Å². The molecular formula is C12H17ClN2O. The first-order valence-corrected chi connectivity index (χ1v) is 5.87. The van der Waals surface area contributed by atoms with Crippen molar-refractivity contribution in [2.24, 2.45) is 5.92 Å². The standard InChI is InChI=1S/C12H17ClN2O/c1-9(2)5-3-8-15-12(16)10-6-4-7-14-11(10)13/h4,6-7,9H,3,5,8H2,1-2H3,(H,15,16). The number of pyridine rings is 1. The van der Waals surface area contributed by atoms with Crippen LogP contribution in [-0.4, -0.2) is 17.4 Å². The highest BCUT2D eigenvalue weighted by molar-refractivity contribution is 6.32. The zero-order chi connectivity index (χ0) is 12.0. The number of amides is 1. The van der Waals surface area contributed by atoms with Crippen molar-refractivity contribution in [3.8, 4) is 0 Å². The molecule has 0 radical (unpaired) electrons. The Labute approximate surface area is 101 Å². The fraction of sp³-hybridized carbons (Fsp3) is 0.500. The van der Waals surface area contributed by atoms with Crippen LogP contribution in [-0.2, 0) is 0 Å². The van der Waals surface area contributed by atoms with Crippen LogP contribution in [0.5, 0.6) is 0 Å². The van der Waals surface area contributed by atoms with Crippen LogP contribution in [0.25, 0.3) is 0 Å². The third-order valence-electron chi connectivity index (χ3n) is 2.25. The van der Waals surface area contributed by atoms with Crippen molar-refractivity contribution in [2.75, 3.05) is 6.54 Å². The van der Waals surface area contributed by atoms with Gasteiger partial charge in [0, 0.05) is 12.7 Å². The van der Waals surface area contributed by atoms with Crippen LogP contribution < -0.4 is 5.32 Å². The van der Waals surface area contributed by atoms with Gasteiger partial charge in [0.25, 0.3) is 5.91 Å². The van der Waals surface area contributed by atoms with Gasteiger partial charge in [-0.3, -0.25) is 4.79 Å². The van der Waals surface area contributed by atoms with Gasteiger partial charge in [-0.2, -0.15) is 0 Å². The molecule has 0 saturated carbocycles. The minimum absolute atomic E-state index is 0.151. The van der Waals surface area contributed by atoms with Gasteiger partial charge in [0.2, 0.25) is 0 Å². The highest BCUT2D eigenvalue weighted by Gasteiger charge is 2.09. The van der Waals surface area contributed by atoms with Crippen molar-refractivity contribution in [1.82, 2.24) is 10.3 Å². The summed E-state index contributed by atoms with van der Waals surface area (Å²) in [6, 6.07) is 3.38. The summed E-state index contributed by atoms with van der Waals surface area (Å²) in [5, 5.41) is 3.09. The molecule has 16 heavy (non-hydrogen) atoms. The van der Waals surface area contributed by atoms with E-state index in [0.29, 0.717) is 18.0 Å². The zero-order valence-corrected chi connectivity index (χ0v) is 10.4. The molecule has 0 bridgehead atoms. The summed E-state index contributed by atoms with van der Waals surface area (Å²) in [6.45, 7) is 5.02. The molecule has 1 heterocycles. The highest BCUT2D eigenvalue weighted by Crippen LogP contribution is 2.11. The van der Waals surface area contributed by atoms with E-state index in [4.69, 9.17) is 11.6 Å². The smallest absolute Gasteiger partial charge is 0.254 e. The maximum atomic E-state index is 11.7. The van der Waals surface area contributed by atoms with Gasteiger partial charge in [0.1, 0.15) is 5.15 Å². The van der Waals surface area contributed by atoms with Gasteiger partial charge < -0.3 is 5.32 Å². The summed E-state index contributed by atoms with van der Waals surface area (Å²) >= 11 is 5.81. The summed E-state index contributed by atoms with van der Waals surface area (Å²) in [6.07, 6.45) is 3.67. The quantitative estimate of drug-likeness (QED) is 0.635. The molecule has 0 fully saturated rings. The number of carbonyl (C=O) groups is 1. The van der Waals surface area contributed by atoms with E-state index in [2.05, 4.69) is 24.1 Å². The predicted molar refractivity (Wildman–Crippen MR) is 65.7 cm³/mol. The van der Waals surface area contributed by atoms with Crippen molar-refractivity contribution in [1.29, 1.82) is 0 Å². The van der Waals surface area contributed by atoms with Gasteiger partial charge in [-0.15, -0.1) is 0 Å². The third kappa shape index (κ3) is 4.19. The lowest BCUT2D eigenvalue weighted by Gasteiger charge is -2.07.